The van der Waals surface area contributed by atoms with Crippen molar-refractivity contribution in [2.45, 2.75) is 38.7 Å². The largest absolute Gasteiger partial charge is 0.481 e. The Morgan fingerprint density at radius 1 is 1.55 bits per heavy atom. The molecule has 6 nitrogen and oxygen atoms in total. The van der Waals surface area contributed by atoms with Gasteiger partial charge in [-0.15, -0.1) is 11.3 Å². The summed E-state index contributed by atoms with van der Waals surface area (Å²) in [5, 5.41) is 13.1. The number of halogens is 1. The molecule has 0 aromatic carbocycles. The molecule has 0 saturated carbocycles. The number of carbonyl (C=O) groups is 2. The molecule has 0 aliphatic carbocycles. The number of aliphatic carboxylic acids is 1. The summed E-state index contributed by atoms with van der Waals surface area (Å²) in [5.41, 5.74) is -0.409. The maximum Gasteiger partial charge on any atom is 0.413 e. The van der Waals surface area contributed by atoms with Gasteiger partial charge < -0.3 is 9.84 Å². The van der Waals surface area contributed by atoms with Crippen LogP contribution in [0.1, 0.15) is 38.8 Å². The maximum atomic E-state index is 12.3. The van der Waals surface area contributed by atoms with Crippen LogP contribution in [0.15, 0.2) is 5.38 Å². The minimum atomic E-state index is -1.14. The van der Waals surface area contributed by atoms with E-state index in [1.165, 1.54) is 5.38 Å². The molecule has 1 aromatic rings. The van der Waals surface area contributed by atoms with E-state index >= 15 is 0 Å². The molecule has 0 radical (unpaired) electrons. The van der Waals surface area contributed by atoms with E-state index in [4.69, 9.17) is 9.84 Å². The van der Waals surface area contributed by atoms with Crippen LogP contribution in [0.2, 0.25) is 0 Å². The zero-order valence-corrected chi connectivity index (χ0v) is 12.3. The minimum Gasteiger partial charge on any atom is -0.481 e. The first kappa shape index (κ1) is 16.4. The Morgan fingerprint density at radius 3 is 2.70 bits per heavy atom. The van der Waals surface area contributed by atoms with Gasteiger partial charge in [-0.3, -0.25) is 14.5 Å². The van der Waals surface area contributed by atoms with E-state index in [0.29, 0.717) is 0 Å². The van der Waals surface area contributed by atoms with E-state index in [9.17, 15) is 14.0 Å². The van der Waals surface area contributed by atoms with Crippen molar-refractivity contribution in [3.8, 4) is 0 Å². The molecular weight excluding hydrogens is 287 g/mol. The van der Waals surface area contributed by atoms with Crippen LogP contribution in [0.4, 0.5) is 14.3 Å². The number of rotatable bonds is 5. The quantitative estimate of drug-likeness (QED) is 0.873. The number of carboxylic acids is 1. The third kappa shape index (κ3) is 5.12. The predicted molar refractivity (Wildman–Crippen MR) is 72.9 cm³/mol. The number of carbonyl (C=O) groups excluding carboxylic acids is 1. The molecule has 8 heteroatoms. The van der Waals surface area contributed by atoms with Crippen LogP contribution < -0.4 is 5.32 Å². The number of anilines is 1. The number of hydrogen-bond donors (Lipinski definition) is 2. The summed E-state index contributed by atoms with van der Waals surface area (Å²) in [6.45, 7) is 4.42. The van der Waals surface area contributed by atoms with Crippen LogP contribution in [0, 0.1) is 0 Å². The molecule has 0 spiro atoms. The summed E-state index contributed by atoms with van der Waals surface area (Å²) in [7, 11) is 0. The molecular formula is C12H17FN2O4S. The summed E-state index contributed by atoms with van der Waals surface area (Å²) in [6, 6.07) is 0. The highest BCUT2D eigenvalue weighted by Crippen LogP contribution is 2.25. The smallest absolute Gasteiger partial charge is 0.413 e. The number of aromatic nitrogens is 1. The first-order valence-corrected chi connectivity index (χ1v) is 6.85. The van der Waals surface area contributed by atoms with E-state index in [0.717, 1.165) is 11.3 Å². The molecule has 1 aromatic heterocycles. The van der Waals surface area contributed by atoms with Crippen molar-refractivity contribution in [2.24, 2.45) is 0 Å². The number of amides is 1. The lowest BCUT2D eigenvalue weighted by Gasteiger charge is -2.18. The van der Waals surface area contributed by atoms with Crippen LogP contribution in [0.25, 0.3) is 0 Å². The van der Waals surface area contributed by atoms with Gasteiger partial charge in [-0.25, -0.2) is 9.78 Å². The van der Waals surface area contributed by atoms with Gasteiger partial charge in [-0.1, -0.05) is 0 Å². The normalized spacial score (nSPS) is 12.8. The monoisotopic (exact) mass is 304 g/mol. The highest BCUT2D eigenvalue weighted by Gasteiger charge is 2.23. The second-order valence-electron chi connectivity index (χ2n) is 5.07. The standard InChI is InChI=1S/C12H17FN2O4S/c1-12(2,3)19-11(18)15-10-14-8(6-20-10)7(4-5-13)9(16)17/h6-7H,4-5H2,1-3H3,(H,16,17)(H,14,15,18). The van der Waals surface area contributed by atoms with E-state index < -0.39 is 30.3 Å². The Labute approximate surface area is 120 Å². The summed E-state index contributed by atoms with van der Waals surface area (Å²) >= 11 is 1.07. The van der Waals surface area contributed by atoms with Crippen molar-refractivity contribution >= 4 is 28.5 Å². The van der Waals surface area contributed by atoms with E-state index in [1.807, 2.05) is 0 Å². The van der Waals surface area contributed by atoms with Crippen molar-refractivity contribution in [2.75, 3.05) is 12.0 Å². The molecule has 1 amide bonds. The van der Waals surface area contributed by atoms with Crippen LogP contribution in [0.5, 0.6) is 0 Å². The van der Waals surface area contributed by atoms with Gasteiger partial charge in [0.05, 0.1) is 12.4 Å². The van der Waals surface area contributed by atoms with E-state index in [-0.39, 0.29) is 17.2 Å². The number of alkyl halides is 1. The van der Waals surface area contributed by atoms with Gasteiger partial charge in [0.1, 0.15) is 11.5 Å². The molecule has 1 unspecified atom stereocenters. The number of thiazole rings is 1. The molecule has 0 aliphatic heterocycles. The number of ether oxygens (including phenoxy) is 1. The van der Waals surface area contributed by atoms with Crippen molar-refractivity contribution in [1.29, 1.82) is 0 Å². The highest BCUT2D eigenvalue weighted by molar-refractivity contribution is 7.13. The van der Waals surface area contributed by atoms with Crippen molar-refractivity contribution in [3.63, 3.8) is 0 Å². The molecule has 0 aliphatic rings. The molecule has 1 rings (SSSR count). The van der Waals surface area contributed by atoms with E-state index in [1.54, 1.807) is 20.8 Å². The summed E-state index contributed by atoms with van der Waals surface area (Å²) in [4.78, 5) is 26.5. The number of nitrogens with one attached hydrogen (secondary N) is 1. The lowest BCUT2D eigenvalue weighted by molar-refractivity contribution is -0.139. The van der Waals surface area contributed by atoms with Gasteiger partial charge in [0.25, 0.3) is 0 Å². The average molecular weight is 304 g/mol. The fourth-order valence-corrected chi connectivity index (χ4v) is 2.15. The molecule has 112 valence electrons. The van der Waals surface area contributed by atoms with Crippen molar-refractivity contribution < 1.29 is 23.8 Å². The molecule has 0 bridgehead atoms. The molecule has 1 heterocycles. The second-order valence-corrected chi connectivity index (χ2v) is 5.93. The average Bonchev–Trinajstić information content (AvgIpc) is 2.70. The summed E-state index contributed by atoms with van der Waals surface area (Å²) in [6.07, 6.45) is -0.818. The Hall–Kier alpha value is -1.70. The molecule has 0 saturated heterocycles. The van der Waals surface area contributed by atoms with E-state index in [2.05, 4.69) is 10.3 Å². The third-order valence-corrected chi connectivity index (χ3v) is 2.96. The highest BCUT2D eigenvalue weighted by atomic mass is 32.1. The van der Waals surface area contributed by atoms with Crippen LogP contribution >= 0.6 is 11.3 Å². The van der Waals surface area contributed by atoms with Gasteiger partial charge in [0.15, 0.2) is 5.13 Å². The maximum absolute atomic E-state index is 12.3. The molecule has 20 heavy (non-hydrogen) atoms. The Bertz CT molecular complexity index is 484. The van der Waals surface area contributed by atoms with Gasteiger partial charge >= 0.3 is 12.1 Å². The van der Waals surface area contributed by atoms with Gasteiger partial charge in [0, 0.05) is 5.38 Å². The van der Waals surface area contributed by atoms with Crippen LogP contribution in [-0.2, 0) is 9.53 Å². The number of carboxylic acid groups (broad SMARTS) is 1. The number of hydrogen-bond acceptors (Lipinski definition) is 5. The molecule has 0 fully saturated rings. The lowest BCUT2D eigenvalue weighted by atomic mass is 10.0. The minimum absolute atomic E-state index is 0.148. The van der Waals surface area contributed by atoms with Crippen LogP contribution in [-0.4, -0.2) is 34.4 Å². The fourth-order valence-electron chi connectivity index (χ4n) is 1.40. The summed E-state index contributed by atoms with van der Waals surface area (Å²) in [5.74, 6) is -2.15. The zero-order valence-electron chi connectivity index (χ0n) is 11.5. The van der Waals surface area contributed by atoms with Crippen molar-refractivity contribution in [3.05, 3.63) is 11.1 Å². The topological polar surface area (TPSA) is 88.5 Å². The lowest BCUT2D eigenvalue weighted by Crippen LogP contribution is -2.27. The third-order valence-electron chi connectivity index (χ3n) is 2.18. The zero-order chi connectivity index (χ0) is 15.3. The Kier molecular flexibility index (Phi) is 5.43. The fraction of sp³-hybridized carbons (Fsp3) is 0.583. The molecule has 2 N–H and O–H groups in total. The van der Waals surface area contributed by atoms with Gasteiger partial charge in [-0.2, -0.15) is 0 Å². The first-order chi connectivity index (χ1) is 9.23. The van der Waals surface area contributed by atoms with Crippen LogP contribution in [0.3, 0.4) is 0 Å². The predicted octanol–water partition coefficient (Wildman–Crippen LogP) is 3.02. The summed E-state index contributed by atoms with van der Waals surface area (Å²) < 4.78 is 17.4. The van der Waals surface area contributed by atoms with Crippen molar-refractivity contribution in [1.82, 2.24) is 4.98 Å². The Morgan fingerprint density at radius 2 is 2.20 bits per heavy atom. The van der Waals surface area contributed by atoms with Gasteiger partial charge in [0.2, 0.25) is 0 Å². The SMILES string of the molecule is CC(C)(C)OC(=O)Nc1nc(C(CCF)C(=O)O)cs1. The Balaban J connectivity index is 2.72. The first-order valence-electron chi connectivity index (χ1n) is 5.97. The number of nitrogens with zero attached hydrogens (tertiary/aromatic N) is 1. The molecule has 1 atom stereocenters. The van der Waals surface area contributed by atoms with Gasteiger partial charge in [-0.05, 0) is 27.2 Å². The second kappa shape index (κ2) is 6.65.